The van der Waals surface area contributed by atoms with Crippen LogP contribution in [0.15, 0.2) is 30.6 Å². The Balaban J connectivity index is 1.81. The third-order valence-corrected chi connectivity index (χ3v) is 4.49. The van der Waals surface area contributed by atoms with E-state index in [1.807, 2.05) is 18.3 Å². The van der Waals surface area contributed by atoms with Gasteiger partial charge < -0.3 is 10.1 Å². The zero-order valence-electron chi connectivity index (χ0n) is 12.4. The van der Waals surface area contributed by atoms with Crippen molar-refractivity contribution in [2.24, 2.45) is 5.92 Å². The Hall–Kier alpha value is -1.98. The molecule has 22 heavy (non-hydrogen) atoms. The Labute approximate surface area is 129 Å². The molecular weight excluding hydrogens is 278 g/mol. The van der Waals surface area contributed by atoms with Crippen LogP contribution < -0.4 is 5.32 Å². The van der Waals surface area contributed by atoms with Crippen molar-refractivity contribution in [3.8, 4) is 0 Å². The number of nitrogens with zero attached hydrogens (tertiary/aromatic N) is 2. The smallest absolute Gasteiger partial charge is 0.236 e. The van der Waals surface area contributed by atoms with Gasteiger partial charge in [-0.3, -0.25) is 14.3 Å². The van der Waals surface area contributed by atoms with E-state index in [9.17, 15) is 4.79 Å². The molecule has 4 heterocycles. The lowest BCUT2D eigenvalue weighted by Crippen LogP contribution is -2.21. The number of aromatic nitrogens is 2. The molecule has 1 saturated heterocycles. The minimum atomic E-state index is -0.0364. The molecule has 1 fully saturated rings. The van der Waals surface area contributed by atoms with Crippen molar-refractivity contribution in [1.82, 2.24) is 14.9 Å². The summed E-state index contributed by atoms with van der Waals surface area (Å²) in [5.74, 6) is 0.0851. The Morgan fingerprint density at radius 1 is 1.45 bits per heavy atom. The Morgan fingerprint density at radius 2 is 2.41 bits per heavy atom. The molecule has 2 aromatic heterocycles. The predicted molar refractivity (Wildman–Crippen MR) is 84.7 cm³/mol. The highest BCUT2D eigenvalue weighted by Gasteiger charge is 2.27. The van der Waals surface area contributed by atoms with E-state index in [2.05, 4.69) is 16.4 Å². The van der Waals surface area contributed by atoms with E-state index in [-0.39, 0.29) is 11.8 Å². The summed E-state index contributed by atoms with van der Waals surface area (Å²) in [6, 6.07) is 3.86. The second-order valence-corrected chi connectivity index (χ2v) is 5.87. The molecular formula is C17H19N3O2. The van der Waals surface area contributed by atoms with Crippen molar-refractivity contribution in [3.63, 3.8) is 0 Å². The molecule has 0 aliphatic carbocycles. The number of ether oxygens (including phenoxy) is 1. The number of carbonyl (C=O) groups is 1. The van der Waals surface area contributed by atoms with Crippen LogP contribution in [0, 0.1) is 5.92 Å². The Morgan fingerprint density at radius 3 is 3.18 bits per heavy atom. The second kappa shape index (κ2) is 5.66. The van der Waals surface area contributed by atoms with Gasteiger partial charge in [0.1, 0.15) is 0 Å². The maximum absolute atomic E-state index is 12.8. The molecule has 1 atom stereocenters. The minimum Gasteiger partial charge on any atom is -0.381 e. The lowest BCUT2D eigenvalue weighted by atomic mass is 10.0. The average Bonchev–Trinajstić information content (AvgIpc) is 3.23. The normalized spacial score (nSPS) is 22.0. The van der Waals surface area contributed by atoms with Gasteiger partial charge in [-0.15, -0.1) is 0 Å². The molecule has 2 aliphatic heterocycles. The fourth-order valence-electron chi connectivity index (χ4n) is 3.27. The fourth-order valence-corrected chi connectivity index (χ4v) is 3.27. The van der Waals surface area contributed by atoms with Crippen molar-refractivity contribution < 1.29 is 9.53 Å². The van der Waals surface area contributed by atoms with Gasteiger partial charge in [0.25, 0.3) is 0 Å². The Kier molecular flexibility index (Phi) is 3.52. The summed E-state index contributed by atoms with van der Waals surface area (Å²) in [5.41, 5.74) is 4.18. The number of pyridine rings is 1. The molecule has 0 bridgehead atoms. The summed E-state index contributed by atoms with van der Waals surface area (Å²) in [4.78, 5) is 17.3. The molecule has 1 unspecified atom stereocenters. The highest BCUT2D eigenvalue weighted by molar-refractivity contribution is 5.98. The highest BCUT2D eigenvalue weighted by Crippen LogP contribution is 2.29. The van der Waals surface area contributed by atoms with Crippen LogP contribution in [0.25, 0.3) is 16.6 Å². The third-order valence-electron chi connectivity index (χ3n) is 4.49. The molecule has 114 valence electrons. The predicted octanol–water partition coefficient (Wildman–Crippen LogP) is 2.09. The standard InChI is InChI=1S/C17H19N3O2/c21-17(13-5-9-22-11-13)20-10-14(12-3-7-18-8-4-12)16-15(20)2-1-6-19-16/h1-3,6,10,13,18H,4-5,7-9,11H2. The van der Waals surface area contributed by atoms with Gasteiger partial charge in [0.15, 0.2) is 0 Å². The molecule has 2 aliphatic rings. The number of carbonyl (C=O) groups excluding carboxylic acids is 1. The number of rotatable bonds is 2. The quantitative estimate of drug-likeness (QED) is 0.922. The summed E-state index contributed by atoms with van der Waals surface area (Å²) >= 11 is 0. The van der Waals surface area contributed by atoms with Gasteiger partial charge in [0.2, 0.25) is 5.91 Å². The SMILES string of the molecule is O=C(C1CCOC1)n1cc(C2=CCNCC2)c2ncccc21. The zero-order valence-corrected chi connectivity index (χ0v) is 12.4. The number of hydrogen-bond donors (Lipinski definition) is 1. The fraction of sp³-hybridized carbons (Fsp3) is 0.412. The molecule has 0 saturated carbocycles. The van der Waals surface area contributed by atoms with Crippen LogP contribution in [0.1, 0.15) is 23.2 Å². The first-order valence-corrected chi connectivity index (χ1v) is 7.83. The van der Waals surface area contributed by atoms with E-state index in [1.54, 1.807) is 10.8 Å². The maximum atomic E-state index is 12.8. The van der Waals surface area contributed by atoms with E-state index in [0.29, 0.717) is 13.2 Å². The Bertz CT molecular complexity index is 741. The highest BCUT2D eigenvalue weighted by atomic mass is 16.5. The number of hydrogen-bond acceptors (Lipinski definition) is 4. The molecule has 0 aromatic carbocycles. The van der Waals surface area contributed by atoms with E-state index in [1.165, 1.54) is 5.57 Å². The second-order valence-electron chi connectivity index (χ2n) is 5.87. The average molecular weight is 297 g/mol. The lowest BCUT2D eigenvalue weighted by molar-refractivity contribution is 0.0820. The molecule has 2 aromatic rings. The first kappa shape index (κ1) is 13.7. The summed E-state index contributed by atoms with van der Waals surface area (Å²) in [7, 11) is 0. The lowest BCUT2D eigenvalue weighted by Gasteiger charge is -2.12. The van der Waals surface area contributed by atoms with Crippen LogP contribution in [-0.2, 0) is 4.74 Å². The molecule has 5 nitrogen and oxygen atoms in total. The van der Waals surface area contributed by atoms with Gasteiger partial charge in [-0.1, -0.05) is 6.08 Å². The van der Waals surface area contributed by atoms with E-state index >= 15 is 0 Å². The third kappa shape index (κ3) is 2.26. The van der Waals surface area contributed by atoms with Crippen LogP contribution in [0.4, 0.5) is 0 Å². The van der Waals surface area contributed by atoms with Crippen LogP contribution in [0.2, 0.25) is 0 Å². The molecule has 0 radical (unpaired) electrons. The first-order valence-electron chi connectivity index (χ1n) is 7.83. The first-order chi connectivity index (χ1) is 10.8. The van der Waals surface area contributed by atoms with Crippen molar-refractivity contribution in [2.75, 3.05) is 26.3 Å². The van der Waals surface area contributed by atoms with Gasteiger partial charge in [0, 0.05) is 31.1 Å². The molecule has 5 heteroatoms. The largest absolute Gasteiger partial charge is 0.381 e. The van der Waals surface area contributed by atoms with Gasteiger partial charge in [-0.25, -0.2) is 0 Å². The van der Waals surface area contributed by atoms with Crippen LogP contribution >= 0.6 is 0 Å². The van der Waals surface area contributed by atoms with Crippen molar-refractivity contribution in [2.45, 2.75) is 12.8 Å². The summed E-state index contributed by atoms with van der Waals surface area (Å²) in [6.07, 6.45) is 7.73. The van der Waals surface area contributed by atoms with Crippen molar-refractivity contribution in [1.29, 1.82) is 0 Å². The molecule has 0 spiro atoms. The van der Waals surface area contributed by atoms with Crippen LogP contribution in [0.3, 0.4) is 0 Å². The van der Waals surface area contributed by atoms with Crippen LogP contribution in [0.5, 0.6) is 0 Å². The number of nitrogens with one attached hydrogen (secondary N) is 1. The summed E-state index contributed by atoms with van der Waals surface area (Å²) in [6.45, 7) is 3.05. The van der Waals surface area contributed by atoms with Gasteiger partial charge in [0.05, 0.1) is 23.6 Å². The number of fused-ring (bicyclic) bond motifs is 1. The summed E-state index contributed by atoms with van der Waals surface area (Å²) in [5, 5.41) is 3.32. The maximum Gasteiger partial charge on any atom is 0.236 e. The van der Waals surface area contributed by atoms with E-state index < -0.39 is 0 Å². The van der Waals surface area contributed by atoms with E-state index in [4.69, 9.17) is 4.74 Å². The topological polar surface area (TPSA) is 56.1 Å². The van der Waals surface area contributed by atoms with Crippen molar-refractivity contribution >= 4 is 22.5 Å². The molecule has 0 amide bonds. The monoisotopic (exact) mass is 297 g/mol. The minimum absolute atomic E-state index is 0.0364. The van der Waals surface area contributed by atoms with Gasteiger partial charge in [-0.05, 0) is 37.1 Å². The zero-order chi connectivity index (χ0) is 14.9. The van der Waals surface area contributed by atoms with Gasteiger partial charge >= 0.3 is 0 Å². The molecule has 4 rings (SSSR count). The van der Waals surface area contributed by atoms with Crippen molar-refractivity contribution in [3.05, 3.63) is 36.2 Å². The summed E-state index contributed by atoms with van der Waals surface area (Å²) < 4.78 is 7.14. The van der Waals surface area contributed by atoms with Gasteiger partial charge in [-0.2, -0.15) is 0 Å². The molecule has 1 N–H and O–H groups in total. The van der Waals surface area contributed by atoms with Crippen LogP contribution in [-0.4, -0.2) is 41.8 Å². The van der Waals surface area contributed by atoms with E-state index in [0.717, 1.165) is 42.5 Å².